The van der Waals surface area contributed by atoms with E-state index in [1.165, 1.54) is 36.8 Å². The first kappa shape index (κ1) is 5.49. The van der Waals surface area contributed by atoms with Crippen LogP contribution in [0.4, 0.5) is 0 Å². The lowest BCUT2D eigenvalue weighted by Gasteiger charge is -2.30. The summed E-state index contributed by atoms with van der Waals surface area (Å²) in [6, 6.07) is 1.62. The van der Waals surface area contributed by atoms with Gasteiger partial charge < -0.3 is 5.32 Å². The van der Waals surface area contributed by atoms with Crippen LogP contribution in [0, 0.1) is 0 Å². The highest BCUT2D eigenvalue weighted by Gasteiger charge is 2.23. The minimum atomic E-state index is -2.75. The first-order valence-electron chi connectivity index (χ1n) is 9.55. The molecule has 0 amide bonds. The van der Waals surface area contributed by atoms with Crippen molar-refractivity contribution in [2.45, 2.75) is 24.7 Å². The van der Waals surface area contributed by atoms with Crippen LogP contribution in [0.1, 0.15) is 46.8 Å². The Morgan fingerprint density at radius 2 is 2.11 bits per heavy atom. The summed E-state index contributed by atoms with van der Waals surface area (Å²) in [5.74, 6) is -1.64. The molecule has 3 heterocycles. The predicted octanol–water partition coefficient (Wildman–Crippen LogP) is 2.68. The zero-order valence-electron chi connectivity index (χ0n) is 17.5. The summed E-state index contributed by atoms with van der Waals surface area (Å²) in [7, 11) is 0. The van der Waals surface area contributed by atoms with Gasteiger partial charge in [0.05, 0.1) is 2.74 Å². The Labute approximate surface area is 119 Å². The summed E-state index contributed by atoms with van der Waals surface area (Å²) in [6.07, 6.45) is -0.135. The molecular formula is C15H17N3. The zero-order chi connectivity index (χ0) is 19.4. The first-order chi connectivity index (χ1) is 12.0. The molecule has 0 aromatic carbocycles. The van der Waals surface area contributed by atoms with Crippen molar-refractivity contribution in [1.82, 2.24) is 15.3 Å². The van der Waals surface area contributed by atoms with Crippen LogP contribution in [-0.2, 0) is 0 Å². The van der Waals surface area contributed by atoms with E-state index in [0.29, 0.717) is 0 Å². The molecule has 3 heteroatoms. The van der Waals surface area contributed by atoms with Crippen molar-refractivity contribution < 1.29 is 11.0 Å². The molecule has 1 aliphatic heterocycles. The molecule has 92 valence electrons. The highest BCUT2D eigenvalue weighted by Crippen LogP contribution is 2.33. The molecule has 2 aromatic heterocycles. The Balaban J connectivity index is 2.28. The second-order valence-electron chi connectivity index (χ2n) is 3.78. The first-order valence-corrected chi connectivity index (χ1v) is 5.55. The van der Waals surface area contributed by atoms with Crippen LogP contribution in [0.15, 0.2) is 49.0 Å². The minimum absolute atomic E-state index is 0.139. The lowest BCUT2D eigenvalue weighted by molar-refractivity contribution is 0.369. The number of aromatic nitrogens is 2. The number of piperidine rings is 1. The fourth-order valence-electron chi connectivity index (χ4n) is 1.71. The van der Waals surface area contributed by atoms with Gasteiger partial charge in [-0.25, -0.2) is 0 Å². The number of pyridine rings is 2. The van der Waals surface area contributed by atoms with Crippen LogP contribution in [0.5, 0.6) is 0 Å². The van der Waals surface area contributed by atoms with E-state index < -0.39 is 31.2 Å². The monoisotopic (exact) mass is 247 g/mol. The molecule has 2 aromatic rings. The summed E-state index contributed by atoms with van der Waals surface area (Å²) in [5.41, 5.74) is -0.0295. The molecule has 3 rings (SSSR count). The summed E-state index contributed by atoms with van der Waals surface area (Å²) in [4.78, 5) is 7.73. The lowest BCUT2D eigenvalue weighted by atomic mass is 9.85. The van der Waals surface area contributed by atoms with Crippen molar-refractivity contribution in [2.24, 2.45) is 0 Å². The molecule has 2 unspecified atom stereocenters. The Kier molecular flexibility index (Phi) is 1.61. The van der Waals surface area contributed by atoms with Crippen molar-refractivity contribution in [2.75, 3.05) is 6.50 Å². The van der Waals surface area contributed by atoms with Crippen LogP contribution in [0.3, 0.4) is 0 Å². The maximum atomic E-state index is 8.74. The summed E-state index contributed by atoms with van der Waals surface area (Å²) >= 11 is 0. The second kappa shape index (κ2) is 5.27. The van der Waals surface area contributed by atoms with Gasteiger partial charge in [0.25, 0.3) is 0 Å². The normalized spacial score (nSPS) is 42.8. The number of hydrogen-bond donors (Lipinski definition) is 1. The third-order valence-corrected chi connectivity index (χ3v) is 2.58. The largest absolute Gasteiger partial charge is 0.310 e. The van der Waals surface area contributed by atoms with E-state index in [4.69, 9.17) is 11.0 Å². The molecule has 0 bridgehead atoms. The number of nitrogens with one attached hydrogen (secondary N) is 1. The second-order valence-corrected chi connectivity index (χ2v) is 3.78. The maximum Gasteiger partial charge on any atom is 0.0627 e. The maximum absolute atomic E-state index is 8.74. The third-order valence-electron chi connectivity index (χ3n) is 2.58. The number of rotatable bonds is 2. The van der Waals surface area contributed by atoms with Gasteiger partial charge in [-0.1, -0.05) is 12.1 Å². The molecule has 3 nitrogen and oxygen atoms in total. The molecule has 1 fully saturated rings. The Morgan fingerprint density at radius 1 is 1.28 bits per heavy atom. The van der Waals surface area contributed by atoms with Gasteiger partial charge in [0.15, 0.2) is 0 Å². The molecule has 1 N–H and O–H groups in total. The summed E-state index contributed by atoms with van der Waals surface area (Å²) in [5, 5.41) is 2.18. The van der Waals surface area contributed by atoms with Gasteiger partial charge in [-0.3, -0.25) is 9.97 Å². The molecule has 0 aliphatic carbocycles. The average Bonchev–Trinajstić information content (AvgIpc) is 2.54. The van der Waals surface area contributed by atoms with E-state index >= 15 is 0 Å². The molecule has 18 heavy (non-hydrogen) atoms. The Bertz CT molecular complexity index is 814. The van der Waals surface area contributed by atoms with Crippen LogP contribution >= 0.6 is 0 Å². The minimum Gasteiger partial charge on any atom is -0.310 e. The lowest BCUT2D eigenvalue weighted by Crippen LogP contribution is -2.31. The average molecular weight is 247 g/mol. The van der Waals surface area contributed by atoms with Gasteiger partial charge in [-0.05, 0) is 48.4 Å². The highest BCUT2D eigenvalue weighted by atomic mass is 14.9. The van der Waals surface area contributed by atoms with E-state index in [9.17, 15) is 0 Å². The SMILES string of the molecule is [2H]c1ccncc1C1([2H])NC([2H])([2H])C([2H])([2H])C(c2cccnc2)C1([2H])[2H]. The molecular weight excluding hydrogens is 222 g/mol. The van der Waals surface area contributed by atoms with Crippen molar-refractivity contribution in [3.05, 3.63) is 60.2 Å². The molecule has 0 radical (unpaired) electrons. The smallest absolute Gasteiger partial charge is 0.0627 e. The van der Waals surface area contributed by atoms with Crippen molar-refractivity contribution in [3.8, 4) is 0 Å². The zero-order valence-corrected chi connectivity index (χ0v) is 9.51. The quantitative estimate of drug-likeness (QED) is 0.886. The van der Waals surface area contributed by atoms with Gasteiger partial charge in [-0.2, -0.15) is 0 Å². The highest BCUT2D eigenvalue weighted by molar-refractivity contribution is 5.20. The third kappa shape index (κ3) is 2.41. The molecule has 1 aliphatic rings. The number of hydrogen-bond acceptors (Lipinski definition) is 3. The molecule has 0 saturated carbocycles. The van der Waals surface area contributed by atoms with Gasteiger partial charge >= 0.3 is 0 Å². The van der Waals surface area contributed by atoms with Gasteiger partial charge in [0.1, 0.15) is 0 Å². The van der Waals surface area contributed by atoms with Crippen molar-refractivity contribution in [1.29, 1.82) is 0 Å². The van der Waals surface area contributed by atoms with Crippen LogP contribution in [0.25, 0.3) is 0 Å². The number of nitrogens with zero attached hydrogens (tertiary/aromatic N) is 2. The van der Waals surface area contributed by atoms with Crippen molar-refractivity contribution >= 4 is 0 Å². The van der Waals surface area contributed by atoms with E-state index in [-0.39, 0.29) is 17.2 Å². The van der Waals surface area contributed by atoms with Crippen LogP contribution in [0.2, 0.25) is 0 Å². The summed E-state index contributed by atoms with van der Waals surface area (Å²) < 4.78 is 66.9. The standard InChI is InChI=1S/C15H17N3/c1-3-13(10-16-6-1)12-5-8-18-15(9-12)14-4-2-7-17-11-14/h1-4,6-7,10-12,15,18H,5,8-9H2/i4D,5D2,8D2,9D2,15D. The Morgan fingerprint density at radius 3 is 2.94 bits per heavy atom. The van der Waals surface area contributed by atoms with Crippen molar-refractivity contribution in [3.63, 3.8) is 0 Å². The van der Waals surface area contributed by atoms with Crippen LogP contribution in [-0.4, -0.2) is 16.5 Å². The van der Waals surface area contributed by atoms with Gasteiger partial charge in [0, 0.05) is 39.0 Å². The van der Waals surface area contributed by atoms with E-state index in [1.807, 2.05) is 0 Å². The van der Waals surface area contributed by atoms with Crippen LogP contribution < -0.4 is 5.32 Å². The topological polar surface area (TPSA) is 37.8 Å². The van der Waals surface area contributed by atoms with Gasteiger partial charge in [0.2, 0.25) is 0 Å². The van der Waals surface area contributed by atoms with E-state index in [1.54, 1.807) is 0 Å². The molecule has 0 spiro atoms. The Hall–Kier alpha value is -1.74. The van der Waals surface area contributed by atoms with Gasteiger partial charge in [-0.15, -0.1) is 0 Å². The molecule has 1 saturated heterocycles. The fourth-order valence-corrected chi connectivity index (χ4v) is 1.71. The van der Waals surface area contributed by atoms with E-state index in [2.05, 4.69) is 15.3 Å². The summed E-state index contributed by atoms with van der Waals surface area (Å²) in [6.45, 7) is -2.75. The molecule has 2 atom stereocenters. The predicted molar refractivity (Wildman–Crippen MR) is 71.2 cm³/mol. The fraction of sp³-hybridized carbons (Fsp3) is 0.333. The van der Waals surface area contributed by atoms with E-state index in [0.717, 1.165) is 6.20 Å².